The zero-order valence-corrected chi connectivity index (χ0v) is 14.1. The second kappa shape index (κ2) is 7.26. The van der Waals surface area contributed by atoms with Crippen molar-refractivity contribution in [1.82, 2.24) is 14.6 Å². The maximum absolute atomic E-state index is 12.9. The van der Waals surface area contributed by atoms with Gasteiger partial charge in [0, 0.05) is 18.3 Å². The van der Waals surface area contributed by atoms with Gasteiger partial charge in [-0.3, -0.25) is 14.7 Å². The molecule has 0 radical (unpaired) electrons. The molecule has 1 aliphatic rings. The van der Waals surface area contributed by atoms with Crippen molar-refractivity contribution in [2.75, 3.05) is 13.1 Å². The van der Waals surface area contributed by atoms with Gasteiger partial charge in [0.25, 0.3) is 0 Å². The summed E-state index contributed by atoms with van der Waals surface area (Å²) in [5, 5.41) is 8.82. The summed E-state index contributed by atoms with van der Waals surface area (Å²) in [5.74, 6) is -0.990. The van der Waals surface area contributed by atoms with Crippen LogP contribution in [-0.4, -0.2) is 54.6 Å². The van der Waals surface area contributed by atoms with Crippen LogP contribution in [0, 0.1) is 0 Å². The summed E-state index contributed by atoms with van der Waals surface area (Å²) in [6.07, 6.45) is -3.33. The van der Waals surface area contributed by atoms with Crippen LogP contribution in [0.25, 0.3) is 0 Å². The number of sulfonamides is 1. The van der Waals surface area contributed by atoms with Crippen LogP contribution >= 0.6 is 0 Å². The second-order valence-corrected chi connectivity index (χ2v) is 7.43. The summed E-state index contributed by atoms with van der Waals surface area (Å²) in [4.78, 5) is 14.7. The van der Waals surface area contributed by atoms with Crippen molar-refractivity contribution in [2.24, 2.45) is 0 Å². The first-order chi connectivity index (χ1) is 11.5. The van der Waals surface area contributed by atoms with E-state index in [1.54, 1.807) is 11.8 Å². The highest BCUT2D eigenvalue weighted by molar-refractivity contribution is 7.89. The van der Waals surface area contributed by atoms with Crippen LogP contribution in [0.4, 0.5) is 13.2 Å². The lowest BCUT2D eigenvalue weighted by molar-refractivity contribution is -0.143. The van der Waals surface area contributed by atoms with Gasteiger partial charge in [0.2, 0.25) is 10.0 Å². The van der Waals surface area contributed by atoms with Gasteiger partial charge in [-0.15, -0.1) is 0 Å². The minimum absolute atomic E-state index is 0.121. The number of halogens is 3. The zero-order chi connectivity index (χ0) is 18.8. The Morgan fingerprint density at radius 3 is 2.60 bits per heavy atom. The normalized spacial score (nSPS) is 21.2. The number of likely N-dealkylation sites (N-methyl/N-ethyl adjacent to an activating group) is 1. The summed E-state index contributed by atoms with van der Waals surface area (Å²) in [5.41, 5.74) is -1.46. The van der Waals surface area contributed by atoms with Gasteiger partial charge in [-0.2, -0.15) is 13.2 Å². The maximum atomic E-state index is 12.9. The Kier molecular flexibility index (Phi) is 5.69. The maximum Gasteiger partial charge on any atom is 0.434 e. The molecule has 1 aromatic rings. The first-order valence-corrected chi connectivity index (χ1v) is 9.03. The van der Waals surface area contributed by atoms with Gasteiger partial charge in [0.1, 0.15) is 4.90 Å². The number of nitrogens with zero attached hydrogens (tertiary/aromatic N) is 2. The molecule has 25 heavy (non-hydrogen) atoms. The van der Waals surface area contributed by atoms with E-state index in [0.29, 0.717) is 19.4 Å². The van der Waals surface area contributed by atoms with E-state index in [2.05, 4.69) is 9.71 Å². The number of hydrogen-bond donors (Lipinski definition) is 2. The predicted molar refractivity (Wildman–Crippen MR) is 81.3 cm³/mol. The molecular formula is C14H18F3N3O4S. The van der Waals surface area contributed by atoms with Gasteiger partial charge in [0.15, 0.2) is 5.69 Å². The third-order valence-corrected chi connectivity index (χ3v) is 5.58. The van der Waals surface area contributed by atoms with Crippen LogP contribution in [0.1, 0.15) is 25.5 Å². The summed E-state index contributed by atoms with van der Waals surface area (Å²) in [6, 6.07) is 1.32. The molecule has 0 amide bonds. The highest BCUT2D eigenvalue weighted by Gasteiger charge is 2.41. The van der Waals surface area contributed by atoms with Gasteiger partial charge in [-0.25, -0.2) is 13.1 Å². The first kappa shape index (κ1) is 19.6. The van der Waals surface area contributed by atoms with Crippen LogP contribution in [0.2, 0.25) is 0 Å². The molecule has 140 valence electrons. The molecule has 0 bridgehead atoms. The highest BCUT2D eigenvalue weighted by Crippen LogP contribution is 2.33. The fourth-order valence-corrected chi connectivity index (χ4v) is 4.20. The predicted octanol–water partition coefficient (Wildman–Crippen LogP) is 1.32. The standard InChI is InChI=1S/C14H18F3N3O4S/c1-2-20(8-12(21)22)10-6-9(7-10)19-25(23,24)11-4-3-5-18-13(11)14(15,16)17/h3-5,9-10,19H,2,6-8H2,1H3,(H,21,22). The second-order valence-electron chi connectivity index (χ2n) is 5.75. The SMILES string of the molecule is CCN(CC(=O)O)C1CC(NS(=O)(=O)c2cccnc2C(F)(F)F)C1. The molecule has 1 aliphatic carbocycles. The molecule has 1 fully saturated rings. The summed E-state index contributed by atoms with van der Waals surface area (Å²) >= 11 is 0. The average molecular weight is 381 g/mol. The molecule has 11 heteroatoms. The number of carboxylic acids is 1. The molecule has 0 spiro atoms. The van der Waals surface area contributed by atoms with E-state index >= 15 is 0 Å². The van der Waals surface area contributed by atoms with E-state index in [1.165, 1.54) is 0 Å². The molecule has 2 rings (SSSR count). The number of aromatic nitrogens is 1. The van der Waals surface area contributed by atoms with Gasteiger partial charge in [-0.05, 0) is 31.5 Å². The molecule has 1 aromatic heterocycles. The zero-order valence-electron chi connectivity index (χ0n) is 13.3. The largest absolute Gasteiger partial charge is 0.480 e. The Balaban J connectivity index is 2.06. The Morgan fingerprint density at radius 2 is 2.08 bits per heavy atom. The summed E-state index contributed by atoms with van der Waals surface area (Å²) in [7, 11) is -4.38. The number of rotatable bonds is 7. The molecule has 2 N–H and O–H groups in total. The number of alkyl halides is 3. The van der Waals surface area contributed by atoms with Gasteiger partial charge < -0.3 is 5.11 Å². The van der Waals surface area contributed by atoms with E-state index < -0.39 is 38.8 Å². The van der Waals surface area contributed by atoms with Crippen LogP contribution < -0.4 is 4.72 Å². The van der Waals surface area contributed by atoms with Gasteiger partial charge in [0.05, 0.1) is 6.54 Å². The Bertz CT molecular complexity index is 733. The molecule has 1 saturated carbocycles. The number of nitrogens with one attached hydrogen (secondary N) is 1. The van der Waals surface area contributed by atoms with E-state index in [1.807, 2.05) is 0 Å². The van der Waals surface area contributed by atoms with E-state index in [-0.39, 0.29) is 12.6 Å². The lowest BCUT2D eigenvalue weighted by Gasteiger charge is -2.42. The van der Waals surface area contributed by atoms with Crippen molar-refractivity contribution in [3.63, 3.8) is 0 Å². The molecule has 0 saturated heterocycles. The van der Waals surface area contributed by atoms with Crippen LogP contribution in [0.5, 0.6) is 0 Å². The van der Waals surface area contributed by atoms with Crippen molar-refractivity contribution < 1.29 is 31.5 Å². The molecule has 1 heterocycles. The monoisotopic (exact) mass is 381 g/mol. The lowest BCUT2D eigenvalue weighted by atomic mass is 9.86. The van der Waals surface area contributed by atoms with Gasteiger partial charge >= 0.3 is 12.1 Å². The highest BCUT2D eigenvalue weighted by atomic mass is 32.2. The molecule has 0 unspecified atom stereocenters. The van der Waals surface area contributed by atoms with E-state index in [4.69, 9.17) is 5.11 Å². The van der Waals surface area contributed by atoms with Crippen molar-refractivity contribution >= 4 is 16.0 Å². The lowest BCUT2D eigenvalue weighted by Crippen LogP contribution is -2.54. The van der Waals surface area contributed by atoms with Crippen LogP contribution in [-0.2, 0) is 21.0 Å². The molecule has 0 aliphatic heterocycles. The van der Waals surface area contributed by atoms with Crippen molar-refractivity contribution in [3.05, 3.63) is 24.0 Å². The number of carboxylic acid groups (broad SMARTS) is 1. The molecule has 7 nitrogen and oxygen atoms in total. The third-order valence-electron chi connectivity index (χ3n) is 4.02. The van der Waals surface area contributed by atoms with Crippen LogP contribution in [0.15, 0.2) is 23.2 Å². The smallest absolute Gasteiger partial charge is 0.434 e. The Hall–Kier alpha value is -1.72. The summed E-state index contributed by atoms with van der Waals surface area (Å²) in [6.45, 7) is 2.10. The van der Waals surface area contributed by atoms with Crippen LogP contribution in [0.3, 0.4) is 0 Å². The van der Waals surface area contributed by atoms with E-state index in [9.17, 15) is 26.4 Å². The minimum Gasteiger partial charge on any atom is -0.480 e. The number of aliphatic carboxylic acids is 1. The van der Waals surface area contributed by atoms with Crippen molar-refractivity contribution in [3.8, 4) is 0 Å². The average Bonchev–Trinajstić information content (AvgIpc) is 2.47. The molecular weight excluding hydrogens is 363 g/mol. The fourth-order valence-electron chi connectivity index (χ4n) is 2.76. The van der Waals surface area contributed by atoms with E-state index in [0.717, 1.165) is 18.3 Å². The Labute approximate surface area is 142 Å². The molecule has 0 atom stereocenters. The first-order valence-electron chi connectivity index (χ1n) is 7.55. The number of pyridine rings is 1. The number of hydrogen-bond acceptors (Lipinski definition) is 5. The third kappa shape index (κ3) is 4.67. The fraction of sp³-hybridized carbons (Fsp3) is 0.571. The molecule has 0 aromatic carbocycles. The summed E-state index contributed by atoms with van der Waals surface area (Å²) < 4.78 is 65.6. The minimum atomic E-state index is -4.88. The van der Waals surface area contributed by atoms with Crippen molar-refractivity contribution in [2.45, 2.75) is 42.9 Å². The topological polar surface area (TPSA) is 99.6 Å². The quantitative estimate of drug-likeness (QED) is 0.739. The number of carbonyl (C=O) groups is 1. The Morgan fingerprint density at radius 1 is 1.44 bits per heavy atom. The van der Waals surface area contributed by atoms with Gasteiger partial charge in [-0.1, -0.05) is 6.92 Å². The van der Waals surface area contributed by atoms with Crippen molar-refractivity contribution in [1.29, 1.82) is 0 Å².